The van der Waals surface area contributed by atoms with E-state index in [1.165, 1.54) is 6.39 Å². The predicted octanol–water partition coefficient (Wildman–Crippen LogP) is 1.31. The highest BCUT2D eigenvalue weighted by atomic mass is 16.5. The first kappa shape index (κ1) is 10.7. The van der Waals surface area contributed by atoms with E-state index in [1.807, 2.05) is 13.8 Å². The van der Waals surface area contributed by atoms with Gasteiger partial charge in [0.2, 0.25) is 0 Å². The molecule has 1 N–H and O–H groups in total. The Morgan fingerprint density at radius 1 is 1.50 bits per heavy atom. The third-order valence-corrected chi connectivity index (χ3v) is 2.19. The molecule has 0 saturated heterocycles. The van der Waals surface area contributed by atoms with Gasteiger partial charge in [0.25, 0.3) is 5.71 Å². The molecule has 2 aromatic rings. The van der Waals surface area contributed by atoms with E-state index in [0.29, 0.717) is 30.4 Å². The molecular weight excluding hydrogens is 208 g/mol. The zero-order valence-corrected chi connectivity index (χ0v) is 9.36. The Balaban J connectivity index is 2.65. The van der Waals surface area contributed by atoms with Gasteiger partial charge < -0.3 is 9.15 Å². The van der Waals surface area contributed by atoms with Gasteiger partial charge in [-0.2, -0.15) is 4.98 Å². The second kappa shape index (κ2) is 4.34. The molecule has 0 radical (unpaired) electrons. The van der Waals surface area contributed by atoms with E-state index in [0.717, 1.165) is 6.42 Å². The Morgan fingerprint density at radius 2 is 2.31 bits per heavy atom. The maximum atomic E-state index is 8.00. The van der Waals surface area contributed by atoms with Crippen molar-refractivity contribution in [2.45, 2.75) is 26.8 Å². The van der Waals surface area contributed by atoms with Crippen LogP contribution in [0.25, 0.3) is 11.2 Å². The van der Waals surface area contributed by atoms with Crippen LogP contribution in [-0.4, -0.2) is 21.1 Å². The molecule has 6 nitrogen and oxygen atoms in total. The molecule has 0 aromatic carbocycles. The number of ether oxygens (including phenoxy) is 1. The van der Waals surface area contributed by atoms with Crippen LogP contribution in [0.5, 0.6) is 6.01 Å². The van der Waals surface area contributed by atoms with Gasteiger partial charge in [0, 0.05) is 6.54 Å². The minimum absolute atomic E-state index is 0.282. The second-order valence-electron chi connectivity index (χ2n) is 3.33. The van der Waals surface area contributed by atoms with Gasteiger partial charge in [-0.1, -0.05) is 6.92 Å². The highest BCUT2D eigenvalue weighted by molar-refractivity contribution is 5.65. The van der Waals surface area contributed by atoms with E-state index in [2.05, 4.69) is 9.97 Å². The van der Waals surface area contributed by atoms with Crippen molar-refractivity contribution < 1.29 is 9.15 Å². The van der Waals surface area contributed by atoms with Gasteiger partial charge in [0.05, 0.1) is 6.61 Å². The first-order valence-electron chi connectivity index (χ1n) is 5.29. The van der Waals surface area contributed by atoms with E-state index in [9.17, 15) is 0 Å². The second-order valence-corrected chi connectivity index (χ2v) is 3.33. The lowest BCUT2D eigenvalue weighted by Gasteiger charge is -2.11. The molecule has 0 aliphatic rings. The fraction of sp³-hybridized carbons (Fsp3) is 0.500. The molecule has 0 amide bonds. The first-order valence-corrected chi connectivity index (χ1v) is 5.29. The lowest BCUT2D eigenvalue weighted by atomic mass is 10.4. The zero-order chi connectivity index (χ0) is 11.5. The number of oxazole rings is 1. The highest BCUT2D eigenvalue weighted by Crippen LogP contribution is 2.11. The molecule has 0 saturated carbocycles. The molecule has 2 heterocycles. The standard InChI is InChI=1S/C10H14N4O2/c1-3-5-14-8(11)7-9(16-6-12-7)13-10(14)15-4-2/h6,11H,3-5H2,1-2H3. The Bertz CT molecular complexity index is 543. The van der Waals surface area contributed by atoms with Crippen LogP contribution in [0.3, 0.4) is 0 Å². The van der Waals surface area contributed by atoms with Crippen LogP contribution in [0.2, 0.25) is 0 Å². The number of rotatable bonds is 4. The number of hydrogen-bond acceptors (Lipinski definition) is 5. The number of fused-ring (bicyclic) bond motifs is 1. The first-order chi connectivity index (χ1) is 7.77. The average Bonchev–Trinajstić information content (AvgIpc) is 2.72. The van der Waals surface area contributed by atoms with E-state index in [-0.39, 0.29) is 5.49 Å². The van der Waals surface area contributed by atoms with Gasteiger partial charge in [-0.25, -0.2) is 4.98 Å². The average molecular weight is 222 g/mol. The van der Waals surface area contributed by atoms with Crippen LogP contribution in [0.1, 0.15) is 20.3 Å². The maximum Gasteiger partial charge on any atom is 0.301 e. The van der Waals surface area contributed by atoms with Crippen molar-refractivity contribution in [3.8, 4) is 6.01 Å². The van der Waals surface area contributed by atoms with Crippen molar-refractivity contribution in [2.24, 2.45) is 0 Å². The van der Waals surface area contributed by atoms with Crippen molar-refractivity contribution in [1.82, 2.24) is 14.5 Å². The minimum atomic E-state index is 0.282. The molecule has 0 aliphatic carbocycles. The fourth-order valence-corrected chi connectivity index (χ4v) is 1.52. The Hall–Kier alpha value is -1.85. The normalized spacial score (nSPS) is 10.9. The van der Waals surface area contributed by atoms with Crippen LogP contribution in [-0.2, 0) is 6.54 Å². The van der Waals surface area contributed by atoms with Gasteiger partial charge in [0.15, 0.2) is 17.4 Å². The molecule has 16 heavy (non-hydrogen) atoms. The Labute approximate surface area is 92.4 Å². The Morgan fingerprint density at radius 3 is 3.00 bits per heavy atom. The summed E-state index contributed by atoms with van der Waals surface area (Å²) in [5.41, 5.74) is 1.10. The molecule has 86 valence electrons. The van der Waals surface area contributed by atoms with Gasteiger partial charge in [-0.15, -0.1) is 0 Å². The molecule has 0 aliphatic heterocycles. The van der Waals surface area contributed by atoms with Gasteiger partial charge in [0.1, 0.15) is 0 Å². The third-order valence-electron chi connectivity index (χ3n) is 2.19. The fourth-order valence-electron chi connectivity index (χ4n) is 1.52. The van der Waals surface area contributed by atoms with E-state index in [1.54, 1.807) is 4.57 Å². The number of hydrogen-bond donors (Lipinski definition) is 1. The van der Waals surface area contributed by atoms with Crippen molar-refractivity contribution in [1.29, 1.82) is 5.41 Å². The van der Waals surface area contributed by atoms with Crippen LogP contribution < -0.4 is 10.2 Å². The number of aromatic nitrogens is 3. The lowest BCUT2D eigenvalue weighted by molar-refractivity contribution is 0.287. The Kier molecular flexibility index (Phi) is 2.89. The summed E-state index contributed by atoms with van der Waals surface area (Å²) in [7, 11) is 0. The molecule has 2 aromatic heterocycles. The topological polar surface area (TPSA) is 76.9 Å². The SMILES string of the molecule is CCCn1c(OCC)nc2ocnc2c1=N. The molecule has 0 bridgehead atoms. The van der Waals surface area contributed by atoms with Gasteiger partial charge in [-0.05, 0) is 13.3 Å². The summed E-state index contributed by atoms with van der Waals surface area (Å²) >= 11 is 0. The maximum absolute atomic E-state index is 8.00. The summed E-state index contributed by atoms with van der Waals surface area (Å²) in [6.45, 7) is 5.11. The quantitative estimate of drug-likeness (QED) is 0.846. The molecular formula is C10H14N4O2. The molecule has 0 unspecified atom stereocenters. The van der Waals surface area contributed by atoms with Crippen LogP contribution in [0.15, 0.2) is 10.8 Å². The summed E-state index contributed by atoms with van der Waals surface area (Å²) < 4.78 is 12.2. The molecule has 0 fully saturated rings. The third kappa shape index (κ3) is 1.66. The molecule has 2 rings (SSSR count). The summed E-state index contributed by atoms with van der Waals surface area (Å²) in [4.78, 5) is 8.17. The van der Waals surface area contributed by atoms with Crippen LogP contribution in [0.4, 0.5) is 0 Å². The zero-order valence-electron chi connectivity index (χ0n) is 9.36. The summed E-state index contributed by atoms with van der Waals surface area (Å²) in [6, 6.07) is 0.415. The number of nitrogens with one attached hydrogen (secondary N) is 1. The summed E-state index contributed by atoms with van der Waals surface area (Å²) in [5.74, 6) is 0. The van der Waals surface area contributed by atoms with Crippen molar-refractivity contribution >= 4 is 11.2 Å². The molecule has 6 heteroatoms. The largest absolute Gasteiger partial charge is 0.465 e. The van der Waals surface area contributed by atoms with E-state index >= 15 is 0 Å². The molecule has 0 atom stereocenters. The van der Waals surface area contributed by atoms with Crippen LogP contribution in [0, 0.1) is 5.41 Å². The lowest BCUT2D eigenvalue weighted by Crippen LogP contribution is -2.23. The van der Waals surface area contributed by atoms with E-state index in [4.69, 9.17) is 14.6 Å². The summed E-state index contributed by atoms with van der Waals surface area (Å²) in [6.07, 6.45) is 2.20. The van der Waals surface area contributed by atoms with Gasteiger partial charge in [-0.3, -0.25) is 9.98 Å². The van der Waals surface area contributed by atoms with E-state index < -0.39 is 0 Å². The van der Waals surface area contributed by atoms with Crippen molar-refractivity contribution in [3.05, 3.63) is 11.9 Å². The highest BCUT2D eigenvalue weighted by Gasteiger charge is 2.11. The van der Waals surface area contributed by atoms with Crippen molar-refractivity contribution in [2.75, 3.05) is 6.61 Å². The monoisotopic (exact) mass is 222 g/mol. The minimum Gasteiger partial charge on any atom is -0.465 e. The van der Waals surface area contributed by atoms with Crippen LogP contribution >= 0.6 is 0 Å². The van der Waals surface area contributed by atoms with Gasteiger partial charge >= 0.3 is 6.01 Å². The van der Waals surface area contributed by atoms with Crippen molar-refractivity contribution in [3.63, 3.8) is 0 Å². The molecule has 0 spiro atoms. The number of nitrogens with zero attached hydrogens (tertiary/aromatic N) is 3. The summed E-state index contributed by atoms with van der Waals surface area (Å²) in [5, 5.41) is 8.00. The predicted molar refractivity (Wildman–Crippen MR) is 57.1 cm³/mol. The smallest absolute Gasteiger partial charge is 0.301 e.